The topological polar surface area (TPSA) is 51.6 Å². The molecule has 0 spiro atoms. The van der Waals surface area contributed by atoms with Crippen LogP contribution in [0.1, 0.15) is 0 Å². The number of hydrogen-bond donors (Lipinski definition) is 0. The number of pyridine rings is 2. The molecule has 6 aromatic carbocycles. The first-order valence-corrected chi connectivity index (χ1v) is 14.7. The third kappa shape index (κ3) is 3.92. The van der Waals surface area contributed by atoms with E-state index in [4.69, 9.17) is 15.0 Å². The minimum absolute atomic E-state index is 0.684. The van der Waals surface area contributed by atoms with Crippen LogP contribution in [0.2, 0.25) is 0 Å². The summed E-state index contributed by atoms with van der Waals surface area (Å²) in [7, 11) is 0. The molecule has 0 amide bonds. The van der Waals surface area contributed by atoms with Gasteiger partial charge in [0.05, 0.1) is 22.4 Å². The summed E-state index contributed by atoms with van der Waals surface area (Å²) in [6, 6.07) is 46.7. The van der Waals surface area contributed by atoms with E-state index in [-0.39, 0.29) is 0 Å². The molecule has 0 radical (unpaired) electrons. The average molecular weight is 561 g/mol. The van der Waals surface area contributed by atoms with Crippen molar-refractivity contribution in [1.82, 2.24) is 19.9 Å². The number of nitrogens with zero attached hydrogens (tertiary/aromatic N) is 4. The van der Waals surface area contributed by atoms with Gasteiger partial charge in [-0.1, -0.05) is 97.1 Å². The van der Waals surface area contributed by atoms with Gasteiger partial charge in [-0.25, -0.2) is 9.97 Å². The highest BCUT2D eigenvalue weighted by molar-refractivity contribution is 6.14. The first-order valence-electron chi connectivity index (χ1n) is 14.7. The Morgan fingerprint density at radius 2 is 0.955 bits per heavy atom. The van der Waals surface area contributed by atoms with Crippen molar-refractivity contribution in [3.8, 4) is 33.9 Å². The van der Waals surface area contributed by atoms with E-state index in [0.29, 0.717) is 5.82 Å². The standard InChI is InChI=1S/C40H24N4/c1-2-10-26-21-29(18-17-25(26)9-1)40-43-36(34-22-27-11-3-4-13-30(27)31-14-5-6-15-32(31)34)24-37(44-40)35-23-28-12-7-19-41-38(28)39-33(35)16-8-20-42-39/h1-24H. The van der Waals surface area contributed by atoms with Crippen LogP contribution in [0.25, 0.3) is 88.0 Å². The van der Waals surface area contributed by atoms with Gasteiger partial charge in [0, 0.05) is 39.9 Å². The predicted octanol–water partition coefficient (Wildman–Crippen LogP) is 10.0. The molecule has 0 aliphatic rings. The third-order valence-electron chi connectivity index (χ3n) is 8.51. The Morgan fingerprint density at radius 1 is 0.364 bits per heavy atom. The minimum Gasteiger partial charge on any atom is -0.254 e. The lowest BCUT2D eigenvalue weighted by Crippen LogP contribution is -1.98. The van der Waals surface area contributed by atoms with E-state index in [0.717, 1.165) is 60.7 Å². The zero-order valence-corrected chi connectivity index (χ0v) is 23.6. The number of rotatable bonds is 3. The van der Waals surface area contributed by atoms with Gasteiger partial charge in [0.1, 0.15) is 0 Å². The molecule has 4 nitrogen and oxygen atoms in total. The lowest BCUT2D eigenvalue weighted by molar-refractivity contribution is 1.19. The molecule has 0 N–H and O–H groups in total. The zero-order chi connectivity index (χ0) is 29.0. The normalized spacial score (nSPS) is 11.6. The SMILES string of the molecule is c1ccc2cc(-c3nc(-c4cc5ccccc5c5ccccc45)cc(-c4cc5cccnc5c5ncccc45)n3)ccc2c1. The molecule has 9 rings (SSSR count). The van der Waals surface area contributed by atoms with Crippen LogP contribution in [0.4, 0.5) is 0 Å². The maximum Gasteiger partial charge on any atom is 0.160 e. The second-order valence-electron chi connectivity index (χ2n) is 11.1. The molecule has 4 heteroatoms. The molecule has 0 saturated carbocycles. The van der Waals surface area contributed by atoms with Crippen molar-refractivity contribution in [3.63, 3.8) is 0 Å². The van der Waals surface area contributed by atoms with E-state index >= 15 is 0 Å². The van der Waals surface area contributed by atoms with Crippen LogP contribution in [0, 0.1) is 0 Å². The van der Waals surface area contributed by atoms with Gasteiger partial charge in [0.2, 0.25) is 0 Å². The Morgan fingerprint density at radius 3 is 1.80 bits per heavy atom. The van der Waals surface area contributed by atoms with Crippen molar-refractivity contribution < 1.29 is 0 Å². The van der Waals surface area contributed by atoms with Crippen molar-refractivity contribution in [3.05, 3.63) is 146 Å². The fraction of sp³-hybridized carbons (Fsp3) is 0. The van der Waals surface area contributed by atoms with Crippen LogP contribution in [0.5, 0.6) is 0 Å². The molecule has 204 valence electrons. The maximum atomic E-state index is 5.27. The second-order valence-corrected chi connectivity index (χ2v) is 11.1. The molecule has 0 aliphatic heterocycles. The van der Waals surface area contributed by atoms with E-state index in [9.17, 15) is 0 Å². The van der Waals surface area contributed by atoms with Gasteiger partial charge in [-0.15, -0.1) is 0 Å². The Hall–Kier alpha value is -6.00. The molecule has 44 heavy (non-hydrogen) atoms. The highest BCUT2D eigenvalue weighted by Crippen LogP contribution is 2.38. The fourth-order valence-corrected chi connectivity index (χ4v) is 6.44. The zero-order valence-electron chi connectivity index (χ0n) is 23.6. The molecule has 0 fully saturated rings. The number of benzene rings is 6. The summed E-state index contributed by atoms with van der Waals surface area (Å²) in [4.78, 5) is 19.9. The highest BCUT2D eigenvalue weighted by atomic mass is 14.9. The largest absolute Gasteiger partial charge is 0.254 e. The molecule has 3 heterocycles. The predicted molar refractivity (Wildman–Crippen MR) is 181 cm³/mol. The van der Waals surface area contributed by atoms with Crippen molar-refractivity contribution in [2.75, 3.05) is 0 Å². The second kappa shape index (κ2) is 9.79. The van der Waals surface area contributed by atoms with Crippen molar-refractivity contribution >= 4 is 54.1 Å². The molecule has 0 atom stereocenters. The Bertz CT molecular complexity index is 2430. The third-order valence-corrected chi connectivity index (χ3v) is 8.51. The monoisotopic (exact) mass is 560 g/mol. The van der Waals surface area contributed by atoms with Crippen LogP contribution in [-0.2, 0) is 0 Å². The Balaban J connectivity index is 1.38. The summed E-state index contributed by atoms with van der Waals surface area (Å²) in [6.07, 6.45) is 3.65. The number of aromatic nitrogens is 4. The van der Waals surface area contributed by atoms with Gasteiger partial charge >= 0.3 is 0 Å². The van der Waals surface area contributed by atoms with Gasteiger partial charge in [-0.3, -0.25) is 9.97 Å². The lowest BCUT2D eigenvalue weighted by atomic mass is 9.94. The summed E-state index contributed by atoms with van der Waals surface area (Å²) in [5.74, 6) is 0.684. The quantitative estimate of drug-likeness (QED) is 0.202. The Labute approximate surface area is 253 Å². The van der Waals surface area contributed by atoms with E-state index in [2.05, 4.69) is 126 Å². The van der Waals surface area contributed by atoms with Gasteiger partial charge in [-0.2, -0.15) is 0 Å². The van der Waals surface area contributed by atoms with Gasteiger partial charge < -0.3 is 0 Å². The summed E-state index contributed by atoms with van der Waals surface area (Å²) < 4.78 is 0. The molecule has 0 aliphatic carbocycles. The van der Waals surface area contributed by atoms with E-state index in [1.54, 1.807) is 0 Å². The van der Waals surface area contributed by atoms with Crippen molar-refractivity contribution in [2.24, 2.45) is 0 Å². The first-order chi connectivity index (χ1) is 21.8. The van der Waals surface area contributed by atoms with Crippen molar-refractivity contribution in [1.29, 1.82) is 0 Å². The lowest BCUT2D eigenvalue weighted by Gasteiger charge is -2.15. The molecule has 0 saturated heterocycles. The van der Waals surface area contributed by atoms with Crippen molar-refractivity contribution in [2.45, 2.75) is 0 Å². The number of hydrogen-bond acceptors (Lipinski definition) is 4. The molecule has 0 unspecified atom stereocenters. The summed E-state index contributed by atoms with van der Waals surface area (Å²) in [6.45, 7) is 0. The van der Waals surface area contributed by atoms with Crippen LogP contribution < -0.4 is 0 Å². The summed E-state index contributed by atoms with van der Waals surface area (Å²) in [5.41, 5.74) is 6.53. The van der Waals surface area contributed by atoms with E-state index < -0.39 is 0 Å². The molecule has 0 bridgehead atoms. The highest BCUT2D eigenvalue weighted by Gasteiger charge is 2.17. The van der Waals surface area contributed by atoms with Crippen LogP contribution >= 0.6 is 0 Å². The van der Waals surface area contributed by atoms with Gasteiger partial charge in [0.15, 0.2) is 5.82 Å². The summed E-state index contributed by atoms with van der Waals surface area (Å²) >= 11 is 0. The van der Waals surface area contributed by atoms with Crippen LogP contribution in [-0.4, -0.2) is 19.9 Å². The maximum absolute atomic E-state index is 5.27. The van der Waals surface area contributed by atoms with E-state index in [1.165, 1.54) is 21.5 Å². The van der Waals surface area contributed by atoms with E-state index in [1.807, 2.05) is 24.5 Å². The molecule has 3 aromatic heterocycles. The first kappa shape index (κ1) is 24.6. The van der Waals surface area contributed by atoms with Crippen LogP contribution in [0.3, 0.4) is 0 Å². The van der Waals surface area contributed by atoms with Gasteiger partial charge in [-0.05, 0) is 68.7 Å². The average Bonchev–Trinajstić information content (AvgIpc) is 3.10. The fourth-order valence-electron chi connectivity index (χ4n) is 6.44. The molecule has 9 aromatic rings. The summed E-state index contributed by atoms with van der Waals surface area (Å²) in [5, 5.41) is 9.16. The minimum atomic E-state index is 0.684. The Kier molecular flexibility index (Phi) is 5.47. The molecular weight excluding hydrogens is 536 g/mol. The van der Waals surface area contributed by atoms with Crippen LogP contribution in [0.15, 0.2) is 146 Å². The molecular formula is C40H24N4. The number of fused-ring (bicyclic) bond motifs is 7. The smallest absolute Gasteiger partial charge is 0.160 e. The van der Waals surface area contributed by atoms with Gasteiger partial charge in [0.25, 0.3) is 0 Å².